The maximum Gasteiger partial charge on any atom is 0.340 e. The number of benzene rings is 2. The van der Waals surface area contributed by atoms with Crippen LogP contribution in [0.2, 0.25) is 0 Å². The number of esters is 1. The van der Waals surface area contributed by atoms with Crippen molar-refractivity contribution in [3.63, 3.8) is 0 Å². The van der Waals surface area contributed by atoms with Crippen LogP contribution in [-0.4, -0.2) is 41.5 Å². The molecule has 1 fully saturated rings. The number of anilines is 2. The molecule has 31 heavy (non-hydrogen) atoms. The monoisotopic (exact) mass is 422 g/mol. The van der Waals surface area contributed by atoms with Crippen molar-refractivity contribution in [2.45, 2.75) is 18.8 Å². The summed E-state index contributed by atoms with van der Waals surface area (Å²) in [6.45, 7) is 1.39. The van der Waals surface area contributed by atoms with Crippen LogP contribution in [-0.2, 0) is 4.74 Å². The predicted octanol–water partition coefficient (Wildman–Crippen LogP) is 3.74. The van der Waals surface area contributed by atoms with Gasteiger partial charge in [0.2, 0.25) is 0 Å². The number of halogens is 1. The number of aromatic hydroxyl groups is 1. The van der Waals surface area contributed by atoms with Crippen molar-refractivity contribution in [2.24, 2.45) is 0 Å². The number of phenolic OH excluding ortho intramolecular Hbond substituents is 1. The zero-order valence-corrected chi connectivity index (χ0v) is 17.1. The van der Waals surface area contributed by atoms with E-state index in [0.29, 0.717) is 23.6 Å². The first-order valence-corrected chi connectivity index (χ1v) is 10.0. The van der Waals surface area contributed by atoms with E-state index in [1.165, 1.54) is 19.2 Å². The SMILES string of the molecule is COC(=O)c1ccc(C2CCCN(c3cc(-c4ccccc4O)nnc3N)C2)cc1F. The first-order valence-electron chi connectivity index (χ1n) is 10.0. The lowest BCUT2D eigenvalue weighted by Gasteiger charge is -2.35. The molecule has 7 nitrogen and oxygen atoms in total. The van der Waals surface area contributed by atoms with Crippen molar-refractivity contribution in [2.75, 3.05) is 30.8 Å². The Morgan fingerprint density at radius 2 is 2.03 bits per heavy atom. The molecule has 8 heteroatoms. The lowest BCUT2D eigenvalue weighted by atomic mass is 9.89. The molecule has 160 valence electrons. The average molecular weight is 422 g/mol. The zero-order chi connectivity index (χ0) is 22.0. The van der Waals surface area contributed by atoms with E-state index >= 15 is 0 Å². The summed E-state index contributed by atoms with van der Waals surface area (Å²) in [5.41, 5.74) is 8.69. The molecule has 0 radical (unpaired) electrons. The molecule has 3 N–H and O–H groups in total. The summed E-state index contributed by atoms with van der Waals surface area (Å²) >= 11 is 0. The van der Waals surface area contributed by atoms with Crippen LogP contribution in [0.3, 0.4) is 0 Å². The van der Waals surface area contributed by atoms with E-state index in [1.807, 2.05) is 12.1 Å². The molecule has 0 amide bonds. The number of para-hydroxylation sites is 1. The molecule has 3 aromatic rings. The van der Waals surface area contributed by atoms with Crippen LogP contribution in [0.4, 0.5) is 15.9 Å². The molecule has 4 rings (SSSR count). The molecule has 0 saturated carbocycles. The van der Waals surface area contributed by atoms with E-state index in [4.69, 9.17) is 5.73 Å². The van der Waals surface area contributed by atoms with Gasteiger partial charge in [-0.3, -0.25) is 0 Å². The summed E-state index contributed by atoms with van der Waals surface area (Å²) in [5.74, 6) is -0.802. The van der Waals surface area contributed by atoms with Crippen LogP contribution in [0.1, 0.15) is 34.7 Å². The Balaban J connectivity index is 1.61. The summed E-state index contributed by atoms with van der Waals surface area (Å²) in [6.07, 6.45) is 1.77. The molecule has 1 saturated heterocycles. The van der Waals surface area contributed by atoms with Crippen molar-refractivity contribution < 1.29 is 19.0 Å². The van der Waals surface area contributed by atoms with Crippen molar-refractivity contribution in [1.82, 2.24) is 10.2 Å². The number of carbonyl (C=O) groups excluding carboxylic acids is 1. The molecule has 0 aliphatic carbocycles. The fourth-order valence-corrected chi connectivity index (χ4v) is 4.00. The van der Waals surface area contributed by atoms with E-state index in [0.717, 1.165) is 30.6 Å². The number of piperidine rings is 1. The summed E-state index contributed by atoms with van der Waals surface area (Å²) in [4.78, 5) is 13.8. The van der Waals surface area contributed by atoms with Gasteiger partial charge in [-0.25, -0.2) is 9.18 Å². The minimum absolute atomic E-state index is 0.0658. The predicted molar refractivity (Wildman–Crippen MR) is 115 cm³/mol. The number of nitrogen functional groups attached to an aromatic ring is 1. The molecule has 1 unspecified atom stereocenters. The van der Waals surface area contributed by atoms with Gasteiger partial charge in [-0.2, -0.15) is 0 Å². The third-order valence-electron chi connectivity index (χ3n) is 5.61. The number of aromatic nitrogens is 2. The van der Waals surface area contributed by atoms with Gasteiger partial charge in [0.1, 0.15) is 11.6 Å². The Morgan fingerprint density at radius 3 is 2.77 bits per heavy atom. The number of nitrogens with zero attached hydrogens (tertiary/aromatic N) is 3. The third-order valence-corrected chi connectivity index (χ3v) is 5.61. The van der Waals surface area contributed by atoms with Crippen LogP contribution < -0.4 is 10.6 Å². The van der Waals surface area contributed by atoms with Gasteiger partial charge in [-0.05, 0) is 48.7 Å². The molecule has 1 aromatic heterocycles. The summed E-state index contributed by atoms with van der Waals surface area (Å²) in [7, 11) is 1.23. The third kappa shape index (κ3) is 4.14. The smallest absolute Gasteiger partial charge is 0.340 e. The number of ether oxygens (including phenoxy) is 1. The second-order valence-corrected chi connectivity index (χ2v) is 7.53. The highest BCUT2D eigenvalue weighted by atomic mass is 19.1. The lowest BCUT2D eigenvalue weighted by molar-refractivity contribution is 0.0595. The molecule has 1 aliphatic heterocycles. The highest BCUT2D eigenvalue weighted by molar-refractivity contribution is 5.89. The van der Waals surface area contributed by atoms with Gasteiger partial charge in [0, 0.05) is 24.6 Å². The fourth-order valence-electron chi connectivity index (χ4n) is 4.00. The highest BCUT2D eigenvalue weighted by Crippen LogP contribution is 2.35. The lowest BCUT2D eigenvalue weighted by Crippen LogP contribution is -2.35. The molecule has 0 spiro atoms. The standard InChI is InChI=1S/C23H23FN4O3/c1-31-23(30)16-9-8-14(11-18(16)24)15-5-4-10-28(13-15)20-12-19(26-27-22(20)25)17-6-2-3-7-21(17)29/h2-3,6-9,11-12,15,29H,4-5,10,13H2,1H3,(H2,25,27). The van der Waals surface area contributed by atoms with Crippen LogP contribution in [0, 0.1) is 5.82 Å². The quantitative estimate of drug-likeness (QED) is 0.618. The van der Waals surface area contributed by atoms with E-state index in [1.54, 1.807) is 24.3 Å². The van der Waals surface area contributed by atoms with E-state index < -0.39 is 11.8 Å². The second kappa shape index (κ2) is 8.59. The van der Waals surface area contributed by atoms with Crippen molar-refractivity contribution in [3.05, 3.63) is 65.5 Å². The maximum absolute atomic E-state index is 14.4. The second-order valence-electron chi connectivity index (χ2n) is 7.53. The number of hydrogen-bond donors (Lipinski definition) is 2. The van der Waals surface area contributed by atoms with Crippen molar-refractivity contribution in [3.8, 4) is 17.0 Å². The van der Waals surface area contributed by atoms with Gasteiger partial charge in [-0.15, -0.1) is 10.2 Å². The zero-order valence-electron chi connectivity index (χ0n) is 17.1. The van der Waals surface area contributed by atoms with Crippen LogP contribution in [0.5, 0.6) is 5.75 Å². The first kappa shape index (κ1) is 20.6. The molecule has 0 bridgehead atoms. The number of nitrogens with two attached hydrogens (primary N) is 1. The Bertz CT molecular complexity index is 1120. The Kier molecular flexibility index (Phi) is 5.70. The van der Waals surface area contributed by atoms with Gasteiger partial charge in [-0.1, -0.05) is 18.2 Å². The molecule has 2 aromatic carbocycles. The number of rotatable bonds is 4. The van der Waals surface area contributed by atoms with Gasteiger partial charge in [0.05, 0.1) is 24.1 Å². The molecular formula is C23H23FN4O3. The summed E-state index contributed by atoms with van der Waals surface area (Å²) in [5, 5.41) is 18.4. The Morgan fingerprint density at radius 1 is 1.23 bits per heavy atom. The molecular weight excluding hydrogens is 399 g/mol. The van der Waals surface area contributed by atoms with Crippen LogP contribution in [0.15, 0.2) is 48.5 Å². The van der Waals surface area contributed by atoms with E-state index in [9.17, 15) is 14.3 Å². The average Bonchev–Trinajstić information content (AvgIpc) is 2.79. The van der Waals surface area contributed by atoms with Gasteiger partial charge in [0.15, 0.2) is 5.82 Å². The Labute approximate surface area is 179 Å². The maximum atomic E-state index is 14.4. The summed E-state index contributed by atoms with van der Waals surface area (Å²) < 4.78 is 19.0. The van der Waals surface area contributed by atoms with Crippen LogP contribution in [0.25, 0.3) is 11.3 Å². The number of methoxy groups -OCH3 is 1. The minimum atomic E-state index is -0.693. The number of carbonyl (C=O) groups is 1. The number of hydrogen-bond acceptors (Lipinski definition) is 7. The van der Waals surface area contributed by atoms with Gasteiger partial charge < -0.3 is 20.5 Å². The van der Waals surface area contributed by atoms with Crippen LogP contribution >= 0.6 is 0 Å². The largest absolute Gasteiger partial charge is 0.507 e. The highest BCUT2D eigenvalue weighted by Gasteiger charge is 2.25. The Hall–Kier alpha value is -3.68. The fraction of sp³-hybridized carbons (Fsp3) is 0.261. The minimum Gasteiger partial charge on any atom is -0.507 e. The van der Waals surface area contributed by atoms with Gasteiger partial charge >= 0.3 is 5.97 Å². The first-order chi connectivity index (χ1) is 15.0. The van der Waals surface area contributed by atoms with E-state index in [-0.39, 0.29) is 17.2 Å². The normalized spacial score (nSPS) is 16.2. The number of phenols is 1. The van der Waals surface area contributed by atoms with Crippen molar-refractivity contribution >= 4 is 17.5 Å². The summed E-state index contributed by atoms with van der Waals surface area (Å²) in [6, 6.07) is 13.4. The molecule has 1 aliphatic rings. The molecule has 2 heterocycles. The van der Waals surface area contributed by atoms with Gasteiger partial charge in [0.25, 0.3) is 0 Å². The van der Waals surface area contributed by atoms with Crippen molar-refractivity contribution in [1.29, 1.82) is 0 Å². The topological polar surface area (TPSA) is 102 Å². The van der Waals surface area contributed by atoms with E-state index in [2.05, 4.69) is 19.8 Å². The molecule has 1 atom stereocenters.